The van der Waals surface area contributed by atoms with E-state index in [1.807, 2.05) is 6.08 Å². The molecule has 46 valence electrons. The minimum Gasteiger partial charge on any atom is -0.296 e. The number of aliphatic imine (C=N–C) groups is 1. The first-order valence-electron chi connectivity index (χ1n) is 2.44. The summed E-state index contributed by atoms with van der Waals surface area (Å²) in [7, 11) is 1.77. The molecular weight excluding hydrogens is 118 g/mol. The monoisotopic (exact) mass is 129 g/mol. The zero-order valence-electron chi connectivity index (χ0n) is 5.51. The van der Waals surface area contributed by atoms with Crippen molar-refractivity contribution < 1.29 is 0 Å². The summed E-state index contributed by atoms with van der Waals surface area (Å²) in [5.74, 6) is 0. The summed E-state index contributed by atoms with van der Waals surface area (Å²) in [6.45, 7) is 2.06. The van der Waals surface area contributed by atoms with Gasteiger partial charge in [-0.2, -0.15) is 0 Å². The third-order valence-corrected chi connectivity index (χ3v) is 1.56. The normalized spacial score (nSPS) is 13.1. The fourth-order valence-electron chi connectivity index (χ4n) is 0.248. The van der Waals surface area contributed by atoms with Crippen LogP contribution in [-0.4, -0.2) is 19.5 Å². The average molecular weight is 129 g/mol. The molecule has 0 radical (unpaired) electrons. The highest BCUT2D eigenvalue weighted by molar-refractivity contribution is 8.02. The van der Waals surface area contributed by atoms with E-state index in [4.69, 9.17) is 0 Å². The molecule has 0 fully saturated rings. The van der Waals surface area contributed by atoms with Crippen LogP contribution in [0, 0.1) is 0 Å². The van der Waals surface area contributed by atoms with Crippen molar-refractivity contribution in [1.29, 1.82) is 0 Å². The maximum Gasteiger partial charge on any atom is 0.0277 e. The van der Waals surface area contributed by atoms with Crippen LogP contribution in [0.3, 0.4) is 0 Å². The van der Waals surface area contributed by atoms with Gasteiger partial charge in [-0.15, -0.1) is 11.8 Å². The van der Waals surface area contributed by atoms with Gasteiger partial charge in [-0.3, -0.25) is 4.99 Å². The lowest BCUT2D eigenvalue weighted by Crippen LogP contribution is -1.66. The smallest absolute Gasteiger partial charge is 0.0277 e. The minimum absolute atomic E-state index is 1.29. The molecule has 0 aliphatic heterocycles. The fourth-order valence-corrected chi connectivity index (χ4v) is 0.444. The second-order valence-corrected chi connectivity index (χ2v) is 2.44. The van der Waals surface area contributed by atoms with Crippen molar-refractivity contribution in [2.45, 2.75) is 6.92 Å². The van der Waals surface area contributed by atoms with Crippen LogP contribution in [-0.2, 0) is 0 Å². The van der Waals surface area contributed by atoms with Crippen molar-refractivity contribution in [2.24, 2.45) is 4.99 Å². The van der Waals surface area contributed by atoms with Crippen molar-refractivity contribution in [3.63, 3.8) is 0 Å². The molecule has 0 spiro atoms. The van der Waals surface area contributed by atoms with Crippen LogP contribution in [0.15, 0.2) is 16.0 Å². The van der Waals surface area contributed by atoms with E-state index in [1.165, 1.54) is 4.91 Å². The molecule has 0 heterocycles. The molecule has 0 aromatic carbocycles. The molecule has 0 aliphatic rings. The van der Waals surface area contributed by atoms with Crippen LogP contribution in [0.2, 0.25) is 0 Å². The van der Waals surface area contributed by atoms with Gasteiger partial charge in [0.1, 0.15) is 0 Å². The van der Waals surface area contributed by atoms with Crippen LogP contribution in [0.1, 0.15) is 6.92 Å². The van der Waals surface area contributed by atoms with Gasteiger partial charge in [0, 0.05) is 13.3 Å². The molecule has 0 N–H and O–H groups in total. The van der Waals surface area contributed by atoms with Gasteiger partial charge in [0.2, 0.25) is 0 Å². The molecular formula is C6H11NS. The first-order valence-corrected chi connectivity index (χ1v) is 3.66. The van der Waals surface area contributed by atoms with Gasteiger partial charge in [0.05, 0.1) is 0 Å². The maximum atomic E-state index is 3.81. The first-order chi connectivity index (χ1) is 3.81. The Bertz CT molecular complexity index is 105. The highest BCUT2D eigenvalue weighted by Gasteiger charge is 1.76. The molecule has 0 aromatic heterocycles. The van der Waals surface area contributed by atoms with Gasteiger partial charge < -0.3 is 0 Å². The van der Waals surface area contributed by atoms with E-state index in [2.05, 4.69) is 18.2 Å². The quantitative estimate of drug-likeness (QED) is 0.519. The van der Waals surface area contributed by atoms with E-state index in [0.29, 0.717) is 0 Å². The summed E-state index contributed by atoms with van der Waals surface area (Å²) in [4.78, 5) is 5.10. The molecule has 0 amide bonds. The predicted molar refractivity (Wildman–Crippen MR) is 41.7 cm³/mol. The Morgan fingerprint density at radius 2 is 2.25 bits per heavy atom. The summed E-state index contributed by atoms with van der Waals surface area (Å²) in [5.41, 5.74) is 0. The molecule has 0 saturated heterocycles. The highest BCUT2D eigenvalue weighted by atomic mass is 32.2. The van der Waals surface area contributed by atoms with Crippen molar-refractivity contribution >= 4 is 18.0 Å². The zero-order chi connectivity index (χ0) is 6.41. The lowest BCUT2D eigenvalue weighted by atomic mass is 10.5. The zero-order valence-corrected chi connectivity index (χ0v) is 6.33. The predicted octanol–water partition coefficient (Wildman–Crippen LogP) is 1.95. The van der Waals surface area contributed by atoms with Crippen LogP contribution >= 0.6 is 11.8 Å². The van der Waals surface area contributed by atoms with E-state index < -0.39 is 0 Å². The minimum atomic E-state index is 1.29. The second kappa shape index (κ2) is 4.91. The van der Waals surface area contributed by atoms with Crippen molar-refractivity contribution in [1.82, 2.24) is 0 Å². The van der Waals surface area contributed by atoms with Crippen LogP contribution < -0.4 is 0 Å². The van der Waals surface area contributed by atoms with Crippen LogP contribution in [0.5, 0.6) is 0 Å². The Morgan fingerprint density at radius 3 is 2.62 bits per heavy atom. The molecule has 2 heteroatoms. The standard InChI is InChI=1S/C6H11NS/c1-6(8-3)4-5-7-2/h4-5H,1-3H3/b6-4+,7-5-. The average Bonchev–Trinajstić information content (AvgIpc) is 1.83. The first kappa shape index (κ1) is 7.76. The van der Waals surface area contributed by atoms with Crippen molar-refractivity contribution in [2.75, 3.05) is 13.3 Å². The number of rotatable bonds is 2. The SMILES string of the molecule is C/N=C\C=C(/C)SC. The maximum absolute atomic E-state index is 3.81. The Labute approximate surface area is 54.9 Å². The molecule has 0 aromatic rings. The van der Waals surface area contributed by atoms with E-state index in [1.54, 1.807) is 25.0 Å². The molecule has 1 nitrogen and oxygen atoms in total. The molecule has 8 heavy (non-hydrogen) atoms. The van der Waals surface area contributed by atoms with Gasteiger partial charge in [0.25, 0.3) is 0 Å². The van der Waals surface area contributed by atoms with E-state index in [0.717, 1.165) is 0 Å². The summed E-state index contributed by atoms with van der Waals surface area (Å²) < 4.78 is 0. The third kappa shape index (κ3) is 3.93. The largest absolute Gasteiger partial charge is 0.296 e. The topological polar surface area (TPSA) is 12.4 Å². The van der Waals surface area contributed by atoms with Gasteiger partial charge in [-0.1, -0.05) is 0 Å². The number of hydrogen-bond acceptors (Lipinski definition) is 2. The van der Waals surface area contributed by atoms with Crippen molar-refractivity contribution in [3.05, 3.63) is 11.0 Å². The summed E-state index contributed by atoms with van der Waals surface area (Å²) in [6.07, 6.45) is 5.84. The van der Waals surface area contributed by atoms with Crippen LogP contribution in [0.25, 0.3) is 0 Å². The molecule has 0 rings (SSSR count). The van der Waals surface area contributed by atoms with Gasteiger partial charge in [0.15, 0.2) is 0 Å². The Balaban J connectivity index is 3.57. The number of hydrogen-bond donors (Lipinski definition) is 0. The van der Waals surface area contributed by atoms with E-state index in [9.17, 15) is 0 Å². The summed E-state index contributed by atoms with van der Waals surface area (Å²) in [5, 5.41) is 0. The van der Waals surface area contributed by atoms with Gasteiger partial charge in [-0.25, -0.2) is 0 Å². The number of allylic oxidation sites excluding steroid dienone is 2. The van der Waals surface area contributed by atoms with Gasteiger partial charge >= 0.3 is 0 Å². The van der Waals surface area contributed by atoms with E-state index in [-0.39, 0.29) is 0 Å². The van der Waals surface area contributed by atoms with Crippen molar-refractivity contribution in [3.8, 4) is 0 Å². The Morgan fingerprint density at radius 1 is 1.62 bits per heavy atom. The lowest BCUT2D eigenvalue weighted by Gasteiger charge is -1.86. The highest BCUT2D eigenvalue weighted by Crippen LogP contribution is 2.06. The molecule has 0 unspecified atom stereocenters. The molecule has 0 saturated carbocycles. The molecule has 0 aliphatic carbocycles. The molecule has 0 bridgehead atoms. The second-order valence-electron chi connectivity index (χ2n) is 1.39. The van der Waals surface area contributed by atoms with Gasteiger partial charge in [-0.05, 0) is 24.2 Å². The summed E-state index contributed by atoms with van der Waals surface area (Å²) in [6, 6.07) is 0. The third-order valence-electron chi connectivity index (χ3n) is 0.780. The number of nitrogens with zero attached hydrogens (tertiary/aromatic N) is 1. The fraction of sp³-hybridized carbons (Fsp3) is 0.500. The van der Waals surface area contributed by atoms with E-state index >= 15 is 0 Å². The Hall–Kier alpha value is -0.240. The molecule has 0 atom stereocenters. The summed E-state index contributed by atoms with van der Waals surface area (Å²) >= 11 is 1.73. The number of thioether (sulfide) groups is 1. The lowest BCUT2D eigenvalue weighted by molar-refractivity contribution is 1.47. The van der Waals surface area contributed by atoms with Crippen LogP contribution in [0.4, 0.5) is 0 Å². The Kier molecular flexibility index (Phi) is 4.76.